The molecule has 0 saturated heterocycles. The quantitative estimate of drug-likeness (QED) is 0.659. The van der Waals surface area contributed by atoms with Crippen molar-refractivity contribution in [2.24, 2.45) is 0 Å². The van der Waals surface area contributed by atoms with Gasteiger partial charge in [0.05, 0.1) is 6.61 Å². The molecule has 3 heteroatoms. The Hall–Kier alpha value is -0.930. The van der Waals surface area contributed by atoms with Gasteiger partial charge >= 0.3 is 0 Å². The second-order valence-corrected chi connectivity index (χ2v) is 3.42. The first kappa shape index (κ1) is 12.1. The molecule has 1 N–H and O–H groups in total. The van der Waals surface area contributed by atoms with E-state index in [1.807, 2.05) is 12.4 Å². The van der Waals surface area contributed by atoms with E-state index in [1.54, 1.807) is 0 Å². The topological polar surface area (TPSA) is 34.1 Å². The molecule has 84 valence electrons. The molecule has 15 heavy (non-hydrogen) atoms. The average molecular weight is 208 g/mol. The molecule has 0 fully saturated rings. The minimum Gasteiger partial charge on any atom is -0.380 e. The highest BCUT2D eigenvalue weighted by atomic mass is 16.5. The summed E-state index contributed by atoms with van der Waals surface area (Å²) in [5.74, 6) is 0. The molecule has 0 radical (unpaired) electrons. The maximum Gasteiger partial charge on any atom is 0.0590 e. The molecule has 1 aromatic heterocycles. The average Bonchev–Trinajstić information content (AvgIpc) is 2.29. The van der Waals surface area contributed by atoms with E-state index in [2.05, 4.69) is 29.4 Å². The Morgan fingerprint density at radius 1 is 1.27 bits per heavy atom. The van der Waals surface area contributed by atoms with Crippen LogP contribution in [-0.2, 0) is 11.2 Å². The Morgan fingerprint density at radius 3 is 2.80 bits per heavy atom. The molecule has 1 aromatic rings. The van der Waals surface area contributed by atoms with Crippen molar-refractivity contribution < 1.29 is 4.74 Å². The van der Waals surface area contributed by atoms with E-state index in [1.165, 1.54) is 5.56 Å². The molecule has 0 aliphatic carbocycles. The fourth-order valence-corrected chi connectivity index (χ4v) is 1.35. The third kappa shape index (κ3) is 6.20. The highest BCUT2D eigenvalue weighted by molar-refractivity contribution is 5.09. The van der Waals surface area contributed by atoms with Gasteiger partial charge in [0, 0.05) is 25.5 Å². The number of aryl methyl sites for hydroxylation is 1. The summed E-state index contributed by atoms with van der Waals surface area (Å²) >= 11 is 0. The van der Waals surface area contributed by atoms with Crippen LogP contribution in [0.15, 0.2) is 24.5 Å². The summed E-state index contributed by atoms with van der Waals surface area (Å²) in [5, 5.41) is 3.22. The van der Waals surface area contributed by atoms with Gasteiger partial charge in [0.1, 0.15) is 0 Å². The zero-order valence-electron chi connectivity index (χ0n) is 9.41. The zero-order valence-corrected chi connectivity index (χ0v) is 9.41. The third-order valence-corrected chi connectivity index (χ3v) is 2.18. The van der Waals surface area contributed by atoms with Crippen molar-refractivity contribution in [2.75, 3.05) is 26.3 Å². The van der Waals surface area contributed by atoms with E-state index in [9.17, 15) is 0 Å². The van der Waals surface area contributed by atoms with Gasteiger partial charge in [-0.3, -0.25) is 4.98 Å². The van der Waals surface area contributed by atoms with E-state index in [0.29, 0.717) is 0 Å². The first-order chi connectivity index (χ1) is 7.43. The molecule has 0 unspecified atom stereocenters. The van der Waals surface area contributed by atoms with Crippen LogP contribution in [0.1, 0.15) is 18.9 Å². The van der Waals surface area contributed by atoms with Gasteiger partial charge in [-0.05, 0) is 37.1 Å². The van der Waals surface area contributed by atoms with Crippen molar-refractivity contribution >= 4 is 0 Å². The molecule has 0 saturated carbocycles. The maximum absolute atomic E-state index is 5.48. The standard InChI is InChI=1S/C12H20N2O/c1-2-13-9-11-15-10-3-4-12-5-7-14-8-6-12/h5-8,13H,2-4,9-11H2,1H3. The molecule has 1 heterocycles. The van der Waals surface area contributed by atoms with Gasteiger partial charge in [0.25, 0.3) is 0 Å². The molecule has 0 aliphatic heterocycles. The van der Waals surface area contributed by atoms with Crippen molar-refractivity contribution in [3.63, 3.8) is 0 Å². The summed E-state index contributed by atoms with van der Waals surface area (Å²) in [6.45, 7) is 5.72. The molecular formula is C12H20N2O. The number of rotatable bonds is 8. The van der Waals surface area contributed by atoms with Gasteiger partial charge in [0.2, 0.25) is 0 Å². The maximum atomic E-state index is 5.48. The fourth-order valence-electron chi connectivity index (χ4n) is 1.35. The van der Waals surface area contributed by atoms with Crippen LogP contribution in [0.3, 0.4) is 0 Å². The summed E-state index contributed by atoms with van der Waals surface area (Å²) < 4.78 is 5.48. The molecule has 0 aromatic carbocycles. The van der Waals surface area contributed by atoms with Crippen LogP contribution in [0.2, 0.25) is 0 Å². The number of hydrogen-bond donors (Lipinski definition) is 1. The lowest BCUT2D eigenvalue weighted by molar-refractivity contribution is 0.134. The van der Waals surface area contributed by atoms with Gasteiger partial charge in [-0.25, -0.2) is 0 Å². The monoisotopic (exact) mass is 208 g/mol. The van der Waals surface area contributed by atoms with Gasteiger partial charge in [0.15, 0.2) is 0 Å². The summed E-state index contributed by atoms with van der Waals surface area (Å²) in [6, 6.07) is 4.11. The molecule has 0 aliphatic rings. The number of nitrogens with one attached hydrogen (secondary N) is 1. The highest BCUT2D eigenvalue weighted by Crippen LogP contribution is 2.00. The first-order valence-corrected chi connectivity index (χ1v) is 5.61. The second kappa shape index (κ2) is 8.38. The van der Waals surface area contributed by atoms with Crippen molar-refractivity contribution in [2.45, 2.75) is 19.8 Å². The SMILES string of the molecule is CCNCCOCCCc1ccncc1. The molecule has 0 amide bonds. The minimum atomic E-state index is 0.810. The number of pyridine rings is 1. The summed E-state index contributed by atoms with van der Waals surface area (Å²) in [4.78, 5) is 3.98. The largest absolute Gasteiger partial charge is 0.380 e. The molecular weight excluding hydrogens is 188 g/mol. The van der Waals surface area contributed by atoms with Crippen molar-refractivity contribution in [3.05, 3.63) is 30.1 Å². The number of aromatic nitrogens is 1. The summed E-state index contributed by atoms with van der Waals surface area (Å²) in [5.41, 5.74) is 1.33. The van der Waals surface area contributed by atoms with Gasteiger partial charge in [-0.1, -0.05) is 6.92 Å². The summed E-state index contributed by atoms with van der Waals surface area (Å²) in [6.07, 6.45) is 5.82. The Kier molecular flexibility index (Phi) is 6.79. The first-order valence-electron chi connectivity index (χ1n) is 5.61. The normalized spacial score (nSPS) is 10.5. The lowest BCUT2D eigenvalue weighted by Gasteiger charge is -2.04. The van der Waals surface area contributed by atoms with Crippen LogP contribution in [0.25, 0.3) is 0 Å². The smallest absolute Gasteiger partial charge is 0.0590 e. The van der Waals surface area contributed by atoms with Crippen molar-refractivity contribution in [1.29, 1.82) is 0 Å². The molecule has 0 bridgehead atoms. The Labute approximate surface area is 91.9 Å². The van der Waals surface area contributed by atoms with Crippen molar-refractivity contribution in [1.82, 2.24) is 10.3 Å². The Bertz CT molecular complexity index is 239. The highest BCUT2D eigenvalue weighted by Gasteiger charge is 1.92. The van der Waals surface area contributed by atoms with Crippen LogP contribution in [0.4, 0.5) is 0 Å². The Balaban J connectivity index is 1.93. The Morgan fingerprint density at radius 2 is 2.07 bits per heavy atom. The minimum absolute atomic E-state index is 0.810. The zero-order chi connectivity index (χ0) is 10.8. The number of nitrogens with zero attached hydrogens (tertiary/aromatic N) is 1. The number of ether oxygens (including phenoxy) is 1. The second-order valence-electron chi connectivity index (χ2n) is 3.42. The van der Waals surface area contributed by atoms with Crippen LogP contribution in [0.5, 0.6) is 0 Å². The predicted octanol–water partition coefficient (Wildman–Crippen LogP) is 1.64. The molecule has 0 atom stereocenters. The lowest BCUT2D eigenvalue weighted by Crippen LogP contribution is -2.19. The van der Waals surface area contributed by atoms with Gasteiger partial charge in [-0.15, -0.1) is 0 Å². The molecule has 0 spiro atoms. The summed E-state index contributed by atoms with van der Waals surface area (Å²) in [7, 11) is 0. The number of likely N-dealkylation sites (N-methyl/N-ethyl adjacent to an activating group) is 1. The van der Waals surface area contributed by atoms with E-state index < -0.39 is 0 Å². The van der Waals surface area contributed by atoms with Gasteiger partial charge < -0.3 is 10.1 Å². The fraction of sp³-hybridized carbons (Fsp3) is 0.583. The van der Waals surface area contributed by atoms with E-state index in [0.717, 1.165) is 39.1 Å². The van der Waals surface area contributed by atoms with Crippen LogP contribution >= 0.6 is 0 Å². The third-order valence-electron chi connectivity index (χ3n) is 2.18. The van der Waals surface area contributed by atoms with E-state index in [-0.39, 0.29) is 0 Å². The van der Waals surface area contributed by atoms with Crippen LogP contribution in [0, 0.1) is 0 Å². The van der Waals surface area contributed by atoms with Gasteiger partial charge in [-0.2, -0.15) is 0 Å². The number of hydrogen-bond acceptors (Lipinski definition) is 3. The van der Waals surface area contributed by atoms with Crippen LogP contribution < -0.4 is 5.32 Å². The van der Waals surface area contributed by atoms with E-state index >= 15 is 0 Å². The van der Waals surface area contributed by atoms with Crippen LogP contribution in [-0.4, -0.2) is 31.3 Å². The molecule has 3 nitrogen and oxygen atoms in total. The molecule has 1 rings (SSSR count). The van der Waals surface area contributed by atoms with E-state index in [4.69, 9.17) is 4.74 Å². The predicted molar refractivity (Wildman–Crippen MR) is 61.9 cm³/mol. The lowest BCUT2D eigenvalue weighted by atomic mass is 10.1. The van der Waals surface area contributed by atoms with Crippen molar-refractivity contribution in [3.8, 4) is 0 Å².